The summed E-state index contributed by atoms with van der Waals surface area (Å²) >= 11 is 0. The van der Waals surface area contributed by atoms with Gasteiger partial charge in [-0.15, -0.1) is 10.2 Å². The molecule has 0 amide bonds. The van der Waals surface area contributed by atoms with Crippen LogP contribution in [0.5, 0.6) is 0 Å². The second-order valence-corrected chi connectivity index (χ2v) is 4.86. The van der Waals surface area contributed by atoms with Crippen molar-refractivity contribution in [2.75, 3.05) is 0 Å². The van der Waals surface area contributed by atoms with Crippen LogP contribution in [0.25, 0.3) is 11.6 Å². The quantitative estimate of drug-likeness (QED) is 0.738. The van der Waals surface area contributed by atoms with E-state index in [2.05, 4.69) is 20.3 Å². The van der Waals surface area contributed by atoms with Crippen LogP contribution in [0.1, 0.15) is 17.3 Å². The summed E-state index contributed by atoms with van der Waals surface area (Å²) in [6.45, 7) is 1.78. The van der Waals surface area contributed by atoms with E-state index in [4.69, 9.17) is 4.42 Å². The SMILES string of the molecule is Cc1cc(C(F)(F)F)nn1CCc1nnc(-c2ccccn2)o1. The Labute approximate surface area is 129 Å². The number of nitrogens with zero attached hydrogens (tertiary/aromatic N) is 5. The van der Waals surface area contributed by atoms with E-state index in [-0.39, 0.29) is 18.9 Å². The highest BCUT2D eigenvalue weighted by atomic mass is 19.4. The lowest BCUT2D eigenvalue weighted by molar-refractivity contribution is -0.141. The van der Waals surface area contributed by atoms with E-state index in [1.807, 2.05) is 0 Å². The number of halogens is 3. The van der Waals surface area contributed by atoms with Crippen LogP contribution >= 0.6 is 0 Å². The minimum Gasteiger partial charge on any atom is -0.419 e. The van der Waals surface area contributed by atoms with Crippen LogP contribution < -0.4 is 0 Å². The number of hydrogen-bond acceptors (Lipinski definition) is 5. The van der Waals surface area contributed by atoms with Gasteiger partial charge in [0.2, 0.25) is 5.89 Å². The molecule has 120 valence electrons. The normalized spacial score (nSPS) is 11.8. The molecule has 0 aromatic carbocycles. The summed E-state index contributed by atoms with van der Waals surface area (Å²) in [5.74, 6) is 0.586. The number of pyridine rings is 1. The molecule has 0 saturated heterocycles. The molecule has 6 nitrogen and oxygen atoms in total. The highest BCUT2D eigenvalue weighted by Gasteiger charge is 2.34. The largest absolute Gasteiger partial charge is 0.435 e. The Morgan fingerprint density at radius 1 is 1.22 bits per heavy atom. The Bertz CT molecular complexity index is 794. The number of rotatable bonds is 4. The van der Waals surface area contributed by atoms with Gasteiger partial charge >= 0.3 is 6.18 Å². The van der Waals surface area contributed by atoms with Crippen molar-refractivity contribution in [1.82, 2.24) is 25.0 Å². The van der Waals surface area contributed by atoms with Crippen molar-refractivity contribution in [2.24, 2.45) is 0 Å². The first kappa shape index (κ1) is 15.2. The summed E-state index contributed by atoms with van der Waals surface area (Å²) in [4.78, 5) is 4.09. The van der Waals surface area contributed by atoms with Gasteiger partial charge < -0.3 is 4.42 Å². The molecule has 3 aromatic rings. The Kier molecular flexibility index (Phi) is 3.85. The summed E-state index contributed by atoms with van der Waals surface area (Å²) in [6, 6.07) is 6.29. The maximum absolute atomic E-state index is 12.6. The Balaban J connectivity index is 1.70. The molecule has 9 heteroatoms. The van der Waals surface area contributed by atoms with Gasteiger partial charge in [0.1, 0.15) is 5.69 Å². The predicted octanol–water partition coefficient (Wildman–Crippen LogP) is 2.90. The van der Waals surface area contributed by atoms with E-state index >= 15 is 0 Å². The molecule has 3 aromatic heterocycles. The minimum absolute atomic E-state index is 0.214. The van der Waals surface area contributed by atoms with E-state index in [0.29, 0.717) is 17.3 Å². The fourth-order valence-electron chi connectivity index (χ4n) is 2.02. The standard InChI is InChI=1S/C14H12F3N5O/c1-9-8-11(14(15,16)17)21-22(9)7-5-12-19-20-13(23-12)10-4-2-3-6-18-10/h2-4,6,8H,5,7H2,1H3. The number of aromatic nitrogens is 5. The summed E-state index contributed by atoms with van der Waals surface area (Å²) in [5.41, 5.74) is 0.0531. The lowest BCUT2D eigenvalue weighted by Crippen LogP contribution is -2.09. The van der Waals surface area contributed by atoms with Crippen molar-refractivity contribution in [1.29, 1.82) is 0 Å². The lowest BCUT2D eigenvalue weighted by atomic mass is 10.3. The number of hydrogen-bond donors (Lipinski definition) is 0. The molecule has 0 N–H and O–H groups in total. The second kappa shape index (κ2) is 5.82. The molecule has 23 heavy (non-hydrogen) atoms. The molecule has 0 bridgehead atoms. The van der Waals surface area contributed by atoms with Gasteiger partial charge in [-0.05, 0) is 25.1 Å². The maximum atomic E-state index is 12.6. The first-order valence-electron chi connectivity index (χ1n) is 6.79. The van der Waals surface area contributed by atoms with Crippen LogP contribution in [-0.4, -0.2) is 25.0 Å². The van der Waals surface area contributed by atoms with Crippen molar-refractivity contribution in [3.63, 3.8) is 0 Å². The van der Waals surface area contributed by atoms with Crippen LogP contribution in [0.3, 0.4) is 0 Å². The summed E-state index contributed by atoms with van der Waals surface area (Å²) in [6.07, 6.45) is -2.57. The molecule has 0 spiro atoms. The van der Waals surface area contributed by atoms with Crippen molar-refractivity contribution < 1.29 is 17.6 Å². The van der Waals surface area contributed by atoms with Crippen molar-refractivity contribution >= 4 is 0 Å². The van der Waals surface area contributed by atoms with Gasteiger partial charge in [-0.25, -0.2) is 0 Å². The Hall–Kier alpha value is -2.71. The smallest absolute Gasteiger partial charge is 0.419 e. The van der Waals surface area contributed by atoms with Crippen LogP contribution in [0.4, 0.5) is 13.2 Å². The first-order chi connectivity index (χ1) is 10.9. The van der Waals surface area contributed by atoms with Gasteiger partial charge in [0.05, 0.1) is 0 Å². The zero-order chi connectivity index (χ0) is 16.4. The molecule has 0 aliphatic heterocycles. The second-order valence-electron chi connectivity index (χ2n) is 4.86. The summed E-state index contributed by atoms with van der Waals surface area (Å²) < 4.78 is 44.6. The third-order valence-electron chi connectivity index (χ3n) is 3.16. The average Bonchev–Trinajstić information content (AvgIpc) is 3.12. The van der Waals surface area contributed by atoms with Gasteiger partial charge in [-0.3, -0.25) is 9.67 Å². The molecular weight excluding hydrogens is 311 g/mol. The number of alkyl halides is 3. The predicted molar refractivity (Wildman–Crippen MR) is 73.2 cm³/mol. The minimum atomic E-state index is -4.45. The fraction of sp³-hybridized carbons (Fsp3) is 0.286. The van der Waals surface area contributed by atoms with E-state index in [1.54, 1.807) is 31.3 Å². The van der Waals surface area contributed by atoms with Crippen molar-refractivity contribution in [3.05, 3.63) is 47.7 Å². The summed E-state index contributed by atoms with van der Waals surface area (Å²) in [5, 5.41) is 11.3. The topological polar surface area (TPSA) is 69.6 Å². The zero-order valence-corrected chi connectivity index (χ0v) is 12.1. The van der Waals surface area contributed by atoms with E-state index in [0.717, 1.165) is 6.07 Å². The molecule has 0 saturated carbocycles. The molecule has 0 radical (unpaired) electrons. The monoisotopic (exact) mass is 323 g/mol. The molecule has 0 fully saturated rings. The van der Waals surface area contributed by atoms with Crippen LogP contribution in [0, 0.1) is 6.92 Å². The zero-order valence-electron chi connectivity index (χ0n) is 12.1. The molecule has 0 aliphatic rings. The molecule has 3 rings (SSSR count). The van der Waals surface area contributed by atoms with Crippen LogP contribution in [0.2, 0.25) is 0 Å². The van der Waals surface area contributed by atoms with Gasteiger partial charge in [-0.2, -0.15) is 18.3 Å². The van der Waals surface area contributed by atoms with Crippen molar-refractivity contribution in [3.8, 4) is 11.6 Å². The first-order valence-corrected chi connectivity index (χ1v) is 6.79. The Morgan fingerprint density at radius 3 is 2.70 bits per heavy atom. The third kappa shape index (κ3) is 3.38. The molecule has 0 atom stereocenters. The van der Waals surface area contributed by atoms with Crippen LogP contribution in [0.15, 0.2) is 34.9 Å². The molecule has 3 heterocycles. The third-order valence-corrected chi connectivity index (χ3v) is 3.16. The molecule has 0 unspecified atom stereocenters. The fourth-order valence-corrected chi connectivity index (χ4v) is 2.02. The van der Waals surface area contributed by atoms with Crippen molar-refractivity contribution in [2.45, 2.75) is 26.1 Å². The highest BCUT2D eigenvalue weighted by molar-refractivity contribution is 5.44. The van der Waals surface area contributed by atoms with Gasteiger partial charge in [0, 0.05) is 24.9 Å². The molecular formula is C14H12F3N5O. The van der Waals surface area contributed by atoms with E-state index in [9.17, 15) is 13.2 Å². The van der Waals surface area contributed by atoms with Gasteiger partial charge in [0.25, 0.3) is 5.89 Å². The Morgan fingerprint density at radius 2 is 2.04 bits per heavy atom. The maximum Gasteiger partial charge on any atom is 0.435 e. The summed E-state index contributed by atoms with van der Waals surface area (Å²) in [7, 11) is 0. The van der Waals surface area contributed by atoms with Crippen LogP contribution in [-0.2, 0) is 19.1 Å². The lowest BCUT2D eigenvalue weighted by Gasteiger charge is -2.02. The average molecular weight is 323 g/mol. The van der Waals surface area contributed by atoms with E-state index in [1.165, 1.54) is 4.68 Å². The number of aryl methyl sites for hydroxylation is 3. The highest BCUT2D eigenvalue weighted by Crippen LogP contribution is 2.28. The van der Waals surface area contributed by atoms with Gasteiger partial charge in [-0.1, -0.05) is 6.07 Å². The van der Waals surface area contributed by atoms with Gasteiger partial charge in [0.15, 0.2) is 5.69 Å². The molecule has 0 aliphatic carbocycles. The van der Waals surface area contributed by atoms with E-state index < -0.39 is 11.9 Å².